The first kappa shape index (κ1) is 63.8. The molecule has 4 heterocycles. The van der Waals surface area contributed by atoms with E-state index in [1.54, 1.807) is 26.0 Å². The average Bonchev–Trinajstić information content (AvgIpc) is 3.99. The van der Waals surface area contributed by atoms with Gasteiger partial charge in [-0.15, -0.1) is 0 Å². The zero-order valence-corrected chi connectivity index (χ0v) is 46.5. The van der Waals surface area contributed by atoms with Crippen molar-refractivity contribution in [3.8, 4) is 0 Å². The Bertz CT molecular complexity index is 2050. The molecular weight excluding hydrogens is 1050 g/mol. The Morgan fingerprint density at radius 3 is 1.62 bits per heavy atom. The third-order valence-corrected chi connectivity index (χ3v) is 21.0. The highest BCUT2D eigenvalue weighted by Crippen LogP contribution is 2.76. The second-order valence-electron chi connectivity index (χ2n) is 26.2. The smallest absolute Gasteiger partial charge is 0.187 e. The van der Waals surface area contributed by atoms with Crippen molar-refractivity contribution in [1.29, 1.82) is 0 Å². The molecule has 0 aromatic rings. The van der Waals surface area contributed by atoms with E-state index in [0.29, 0.717) is 32.1 Å². The molecule has 79 heavy (non-hydrogen) atoms. The normalized spacial score (nSPS) is 52.1. The minimum absolute atomic E-state index is 0.000818. The van der Waals surface area contributed by atoms with Gasteiger partial charge in [0.05, 0.1) is 44.2 Å². The maximum Gasteiger partial charge on any atom is 0.187 e. The van der Waals surface area contributed by atoms with Gasteiger partial charge in [-0.05, 0) is 117 Å². The Kier molecular flexibility index (Phi) is 19.3. The molecule has 4 aliphatic heterocycles. The predicted octanol–water partition coefficient (Wildman–Crippen LogP) is -2.73. The molecule has 0 amide bonds. The third kappa shape index (κ3) is 11.3. The van der Waals surface area contributed by atoms with Gasteiger partial charge in [-0.3, -0.25) is 5.26 Å². The topological polar surface area (TPSA) is 407 Å². The van der Waals surface area contributed by atoms with Crippen molar-refractivity contribution in [2.45, 2.75) is 253 Å². The van der Waals surface area contributed by atoms with Crippen LogP contribution in [0.4, 0.5) is 0 Å². The summed E-state index contributed by atoms with van der Waals surface area (Å²) in [5.41, 5.74) is -4.22. The zero-order valence-electron chi connectivity index (χ0n) is 46.5. The lowest BCUT2D eigenvalue weighted by atomic mass is 9.35. The van der Waals surface area contributed by atoms with Crippen LogP contribution < -0.4 is 0 Å². The van der Waals surface area contributed by atoms with E-state index in [1.165, 1.54) is 0 Å². The van der Waals surface area contributed by atoms with Crippen molar-refractivity contribution in [3.63, 3.8) is 0 Å². The van der Waals surface area contributed by atoms with Crippen molar-refractivity contribution in [2.24, 2.45) is 45.3 Å². The fourth-order valence-corrected chi connectivity index (χ4v) is 16.2. The molecule has 25 nitrogen and oxygen atoms in total. The summed E-state index contributed by atoms with van der Waals surface area (Å²) >= 11 is 0. The van der Waals surface area contributed by atoms with E-state index in [2.05, 4.69) is 34.6 Å². The molecule has 4 aliphatic carbocycles. The molecule has 16 N–H and O–H groups in total. The van der Waals surface area contributed by atoms with Gasteiger partial charge in [-0.2, -0.15) is 0 Å². The summed E-state index contributed by atoms with van der Waals surface area (Å²) in [6.07, 6.45) is -25.9. The Hall–Kier alpha value is -1.26. The molecule has 8 fully saturated rings. The van der Waals surface area contributed by atoms with E-state index in [0.717, 1.165) is 12.8 Å². The molecule has 4 saturated heterocycles. The van der Waals surface area contributed by atoms with Crippen molar-refractivity contribution in [3.05, 3.63) is 12.2 Å². The number of aliphatic hydroxyl groups is 15. The zero-order chi connectivity index (χ0) is 58.3. The fourth-order valence-electron chi connectivity index (χ4n) is 16.2. The molecule has 4 saturated carbocycles. The van der Waals surface area contributed by atoms with Crippen LogP contribution in [0, 0.1) is 45.3 Å². The number of hydrogen-bond acceptors (Lipinski definition) is 25. The van der Waals surface area contributed by atoms with Crippen LogP contribution in [-0.2, 0) is 42.8 Å². The van der Waals surface area contributed by atoms with Gasteiger partial charge in [0, 0.05) is 0 Å². The van der Waals surface area contributed by atoms with Gasteiger partial charge in [-0.1, -0.05) is 46.8 Å². The van der Waals surface area contributed by atoms with Gasteiger partial charge in [0.25, 0.3) is 0 Å². The monoisotopic (exact) mass is 1140 g/mol. The van der Waals surface area contributed by atoms with Crippen LogP contribution in [0.2, 0.25) is 0 Å². The SMILES string of the molecule is CC(C)(/C=C/C[C@](C)(O[C@@H]1O[C@H](CO[C@@H]2O[C@H](CO)[C@@H](O)[C@H](O)[C@H]2O)[C@@H](O)[C@H](O)[C@H]1O)[C@H]1CC[C@]2(C)[C@@H]1[C@H](O)C[C@@H]1[C@@]3(C)CC[C@H](O[C@@H]4O[C@H](CO)[C@@H](O)[C@H](O)[C@H]4O[C@@H]4O[C@H](CO)[C@@H](O)[C@H](O)[C@H]4O)C(C)(C)[C@@H]3CC[C@]12C)OO. The molecule has 8 rings (SSSR count). The molecule has 25 heteroatoms. The Balaban J connectivity index is 1.02. The Morgan fingerprint density at radius 1 is 0.532 bits per heavy atom. The molecule has 30 atom stereocenters. The van der Waals surface area contributed by atoms with Crippen LogP contribution in [0.15, 0.2) is 12.2 Å². The minimum Gasteiger partial charge on any atom is -0.394 e. The van der Waals surface area contributed by atoms with Crippen LogP contribution >= 0.6 is 0 Å². The van der Waals surface area contributed by atoms with Crippen LogP contribution in [0.1, 0.15) is 107 Å². The van der Waals surface area contributed by atoms with Crippen molar-refractivity contribution < 1.29 is 125 Å². The second kappa shape index (κ2) is 23.9. The second-order valence-corrected chi connectivity index (χ2v) is 26.2. The molecule has 0 aromatic carbocycles. The van der Waals surface area contributed by atoms with Crippen molar-refractivity contribution >= 4 is 0 Å². The number of aliphatic hydroxyl groups excluding tert-OH is 15. The van der Waals surface area contributed by atoms with Crippen molar-refractivity contribution in [2.75, 3.05) is 26.4 Å². The van der Waals surface area contributed by atoms with E-state index in [1.807, 2.05) is 6.92 Å². The highest BCUT2D eigenvalue weighted by atomic mass is 17.1. The van der Waals surface area contributed by atoms with E-state index < -0.39 is 189 Å². The molecule has 0 aromatic heterocycles. The maximum atomic E-state index is 12.9. The van der Waals surface area contributed by atoms with Crippen LogP contribution in [-0.4, -0.2) is 255 Å². The summed E-state index contributed by atoms with van der Waals surface area (Å²) in [5, 5.41) is 172. The highest BCUT2D eigenvalue weighted by Gasteiger charge is 2.72. The Labute approximate surface area is 460 Å². The molecule has 8 aliphatic rings. The summed E-state index contributed by atoms with van der Waals surface area (Å²) in [4.78, 5) is 4.70. The quantitative estimate of drug-likeness (QED) is 0.0304. The number of hydrogen-bond donors (Lipinski definition) is 16. The average molecular weight is 1140 g/mol. The summed E-state index contributed by atoms with van der Waals surface area (Å²) in [6, 6.07) is 0. The molecule has 0 unspecified atom stereocenters. The van der Waals surface area contributed by atoms with Crippen LogP contribution in [0.3, 0.4) is 0 Å². The summed E-state index contributed by atoms with van der Waals surface area (Å²) in [5.74, 6) is -0.807. The largest absolute Gasteiger partial charge is 0.394 e. The number of fused-ring (bicyclic) bond motifs is 5. The highest BCUT2D eigenvalue weighted by molar-refractivity contribution is 5.21. The lowest BCUT2D eigenvalue weighted by molar-refractivity contribution is -0.378. The molecular formula is C54H92O25. The Morgan fingerprint density at radius 2 is 1.04 bits per heavy atom. The standard InChI is InChI=1S/C54H92O25/c1-49(2,79-70)13-9-14-54(8,78-47-43(69)39(65)36(62)28(75-47)22-71-45-41(67)37(63)33(59)25(19-55)72-45)23-10-16-53(7)32(23)24(58)18-30-51(5)15-12-31(50(3,4)29(51)11-17-52(30,53)6)76-48-44(40(66)35(61)27(21-57)74-48)77-46-42(68)38(64)34(60)26(20-56)73-46/h9,13,23-48,55-70H,10-12,14-22H2,1-8H3/b13-9+/t23-,24+,25+,26+,27+,28+,29-,30+,31-,32-,33+,34+,35+,36+,37-,38-,39-,40-,41+,42+,43+,44+,45+,46-,47-,48-,51-,52+,53+,54-/m0/s1. The van der Waals surface area contributed by atoms with E-state index in [9.17, 15) is 81.9 Å². The summed E-state index contributed by atoms with van der Waals surface area (Å²) in [6.45, 7) is 13.5. The van der Waals surface area contributed by atoms with E-state index in [4.69, 9.17) is 42.8 Å². The first-order valence-electron chi connectivity index (χ1n) is 28.1. The predicted molar refractivity (Wildman–Crippen MR) is 269 cm³/mol. The van der Waals surface area contributed by atoms with E-state index >= 15 is 0 Å². The first-order valence-corrected chi connectivity index (χ1v) is 28.1. The minimum atomic E-state index is -1.83. The lowest BCUT2D eigenvalue weighted by Gasteiger charge is -2.71. The van der Waals surface area contributed by atoms with Crippen LogP contribution in [0.5, 0.6) is 0 Å². The van der Waals surface area contributed by atoms with E-state index in [-0.39, 0.29) is 35.0 Å². The molecule has 458 valence electrons. The van der Waals surface area contributed by atoms with Crippen molar-refractivity contribution in [1.82, 2.24) is 0 Å². The number of rotatable bonds is 17. The first-order chi connectivity index (χ1) is 36.9. The fraction of sp³-hybridized carbons (Fsp3) is 0.963. The summed E-state index contributed by atoms with van der Waals surface area (Å²) < 4.78 is 48.8. The summed E-state index contributed by atoms with van der Waals surface area (Å²) in [7, 11) is 0. The van der Waals surface area contributed by atoms with Gasteiger partial charge < -0.3 is 114 Å². The van der Waals surface area contributed by atoms with Gasteiger partial charge in [0.1, 0.15) is 103 Å². The molecule has 0 spiro atoms. The van der Waals surface area contributed by atoms with Crippen LogP contribution in [0.25, 0.3) is 0 Å². The van der Waals surface area contributed by atoms with Gasteiger partial charge in [0.15, 0.2) is 25.2 Å². The lowest BCUT2D eigenvalue weighted by Crippen LogP contribution is -2.68. The van der Waals surface area contributed by atoms with Gasteiger partial charge >= 0.3 is 0 Å². The third-order valence-electron chi connectivity index (χ3n) is 21.0. The van der Waals surface area contributed by atoms with Gasteiger partial charge in [0.2, 0.25) is 0 Å². The number of ether oxygens (including phenoxy) is 8. The molecule has 0 bridgehead atoms. The van der Waals surface area contributed by atoms with Gasteiger partial charge in [-0.25, -0.2) is 4.89 Å². The molecule has 0 radical (unpaired) electrons. The maximum absolute atomic E-state index is 12.9.